The van der Waals surface area contributed by atoms with E-state index in [4.69, 9.17) is 21.3 Å². The Morgan fingerprint density at radius 1 is 1.24 bits per heavy atom. The van der Waals surface area contributed by atoms with Crippen molar-refractivity contribution in [1.82, 2.24) is 0 Å². The Hall–Kier alpha value is -2.19. The molecule has 2 N–H and O–H groups in total. The summed E-state index contributed by atoms with van der Waals surface area (Å²) in [5, 5.41) is 30.5. The summed E-state index contributed by atoms with van der Waals surface area (Å²) in [6.45, 7) is 2.77. The molecule has 0 bridgehead atoms. The SMILES string of the molecule is CC(N=[N+]=[N-])C(O)C1OC(C)(O)C[C@@H](N=[N+]=[N-])[C@H]1N=[N+]=[N-]. The zero-order valence-corrected chi connectivity index (χ0v) is 11.4. The van der Waals surface area contributed by atoms with E-state index in [1.807, 2.05) is 0 Å². The molecule has 1 fully saturated rings. The van der Waals surface area contributed by atoms with Gasteiger partial charge in [-0.3, -0.25) is 0 Å². The Kier molecular flexibility index (Phi) is 5.62. The molecule has 0 saturated carbocycles. The monoisotopic (exact) mass is 297 g/mol. The smallest absolute Gasteiger partial charge is 0.163 e. The Bertz CT molecular complexity index is 519. The first-order valence-electron chi connectivity index (χ1n) is 6.07. The molecule has 0 aromatic rings. The van der Waals surface area contributed by atoms with E-state index in [0.29, 0.717) is 0 Å². The molecule has 1 aliphatic rings. The molecule has 21 heavy (non-hydrogen) atoms. The van der Waals surface area contributed by atoms with Crippen LogP contribution >= 0.6 is 0 Å². The van der Waals surface area contributed by atoms with Gasteiger partial charge in [0.25, 0.3) is 0 Å². The molecule has 0 radical (unpaired) electrons. The molecule has 12 heteroatoms. The van der Waals surface area contributed by atoms with E-state index in [9.17, 15) is 10.2 Å². The lowest BCUT2D eigenvalue weighted by Gasteiger charge is -2.44. The lowest BCUT2D eigenvalue weighted by molar-refractivity contribution is -0.268. The van der Waals surface area contributed by atoms with Crippen LogP contribution in [0, 0.1) is 0 Å². The van der Waals surface area contributed by atoms with Crippen LogP contribution in [-0.4, -0.2) is 46.3 Å². The fourth-order valence-electron chi connectivity index (χ4n) is 2.21. The van der Waals surface area contributed by atoms with Gasteiger partial charge in [-0.15, -0.1) is 0 Å². The summed E-state index contributed by atoms with van der Waals surface area (Å²) in [7, 11) is 0. The maximum Gasteiger partial charge on any atom is 0.163 e. The van der Waals surface area contributed by atoms with Gasteiger partial charge in [0.1, 0.15) is 0 Å². The molecule has 1 heterocycles. The second kappa shape index (κ2) is 7.00. The van der Waals surface area contributed by atoms with Crippen LogP contribution in [0.1, 0.15) is 20.3 Å². The average Bonchev–Trinajstić information content (AvgIpc) is 2.40. The molecule has 1 aliphatic heterocycles. The Labute approximate surface area is 119 Å². The molecule has 1 rings (SSSR count). The van der Waals surface area contributed by atoms with Gasteiger partial charge >= 0.3 is 0 Å². The highest BCUT2D eigenvalue weighted by molar-refractivity contribution is 5.01. The molecular formula is C9H15N9O3. The second-order valence-corrected chi connectivity index (χ2v) is 4.87. The van der Waals surface area contributed by atoms with Crippen molar-refractivity contribution >= 4 is 0 Å². The number of hydrogen-bond acceptors (Lipinski definition) is 6. The van der Waals surface area contributed by atoms with Gasteiger partial charge < -0.3 is 14.9 Å². The number of azide groups is 3. The van der Waals surface area contributed by atoms with Crippen molar-refractivity contribution in [3.63, 3.8) is 0 Å². The second-order valence-electron chi connectivity index (χ2n) is 4.87. The van der Waals surface area contributed by atoms with Crippen molar-refractivity contribution in [2.75, 3.05) is 0 Å². The molecular weight excluding hydrogens is 282 g/mol. The van der Waals surface area contributed by atoms with E-state index in [0.717, 1.165) is 0 Å². The third kappa shape index (κ3) is 4.14. The normalized spacial score (nSPS) is 34.6. The van der Waals surface area contributed by atoms with Crippen LogP contribution in [0.4, 0.5) is 0 Å². The Morgan fingerprint density at radius 3 is 2.38 bits per heavy atom. The third-order valence-electron chi connectivity index (χ3n) is 3.16. The fraction of sp³-hybridized carbons (Fsp3) is 1.00. The van der Waals surface area contributed by atoms with Gasteiger partial charge in [0.05, 0.1) is 30.3 Å². The minimum atomic E-state index is -1.68. The number of nitrogens with zero attached hydrogens (tertiary/aromatic N) is 9. The summed E-state index contributed by atoms with van der Waals surface area (Å²) in [5.41, 5.74) is 25.6. The molecule has 12 nitrogen and oxygen atoms in total. The predicted octanol–water partition coefficient (Wildman–Crippen LogP) is 1.90. The number of rotatable bonds is 5. The molecule has 0 aliphatic carbocycles. The van der Waals surface area contributed by atoms with E-state index in [2.05, 4.69) is 30.1 Å². The van der Waals surface area contributed by atoms with Gasteiger partial charge in [-0.1, -0.05) is 22.3 Å². The molecule has 6 atom stereocenters. The van der Waals surface area contributed by atoms with Gasteiger partial charge in [0.15, 0.2) is 5.79 Å². The van der Waals surface area contributed by atoms with Crippen LogP contribution in [0.3, 0.4) is 0 Å². The van der Waals surface area contributed by atoms with Gasteiger partial charge in [0, 0.05) is 21.2 Å². The first-order chi connectivity index (χ1) is 9.86. The van der Waals surface area contributed by atoms with Crippen molar-refractivity contribution < 1.29 is 14.9 Å². The molecule has 1 saturated heterocycles. The van der Waals surface area contributed by atoms with E-state index in [1.165, 1.54) is 13.8 Å². The summed E-state index contributed by atoms with van der Waals surface area (Å²) in [5.74, 6) is -1.68. The lowest BCUT2D eigenvalue weighted by Crippen LogP contribution is -2.57. The molecule has 4 unspecified atom stereocenters. The number of aliphatic hydroxyl groups excluding tert-OH is 1. The number of hydrogen-bond donors (Lipinski definition) is 2. The van der Waals surface area contributed by atoms with Gasteiger partial charge in [0.2, 0.25) is 0 Å². The first-order valence-corrected chi connectivity index (χ1v) is 6.07. The van der Waals surface area contributed by atoms with Crippen LogP contribution in [0.25, 0.3) is 31.3 Å². The lowest BCUT2D eigenvalue weighted by atomic mass is 9.88. The first kappa shape index (κ1) is 16.9. The topological polar surface area (TPSA) is 196 Å². The van der Waals surface area contributed by atoms with Gasteiger partial charge in [-0.25, -0.2) is 0 Å². The van der Waals surface area contributed by atoms with E-state index >= 15 is 0 Å². The van der Waals surface area contributed by atoms with E-state index < -0.39 is 36.1 Å². The summed E-state index contributed by atoms with van der Waals surface area (Å²) in [4.78, 5) is 7.86. The molecule has 0 aromatic heterocycles. The van der Waals surface area contributed by atoms with Crippen LogP contribution < -0.4 is 0 Å². The van der Waals surface area contributed by atoms with Crippen LogP contribution in [0.15, 0.2) is 15.3 Å². The molecule has 0 spiro atoms. The molecule has 114 valence electrons. The van der Waals surface area contributed by atoms with Crippen molar-refractivity contribution in [1.29, 1.82) is 0 Å². The van der Waals surface area contributed by atoms with E-state index in [1.54, 1.807) is 0 Å². The van der Waals surface area contributed by atoms with Crippen molar-refractivity contribution in [2.45, 2.75) is 56.4 Å². The highest BCUT2D eigenvalue weighted by Gasteiger charge is 2.47. The largest absolute Gasteiger partial charge is 0.390 e. The maximum atomic E-state index is 10.2. The minimum absolute atomic E-state index is 0.0974. The van der Waals surface area contributed by atoms with Crippen molar-refractivity contribution in [2.24, 2.45) is 15.3 Å². The highest BCUT2D eigenvalue weighted by atomic mass is 16.6. The van der Waals surface area contributed by atoms with Crippen molar-refractivity contribution in [3.05, 3.63) is 31.3 Å². The standard InChI is InChI=1S/C9H15N9O3/c1-4(13-16-10)7(19)8-6(15-18-12)5(14-17-11)3-9(2,20)21-8/h4-8,19-20H,3H2,1-2H3/t4?,5-,6-,7?,8?,9?/m1/s1. The zero-order valence-electron chi connectivity index (χ0n) is 11.4. The minimum Gasteiger partial charge on any atom is -0.390 e. The van der Waals surface area contributed by atoms with E-state index in [-0.39, 0.29) is 6.42 Å². The predicted molar refractivity (Wildman–Crippen MR) is 70.6 cm³/mol. The number of aliphatic hydroxyl groups is 2. The van der Waals surface area contributed by atoms with Crippen LogP contribution in [0.2, 0.25) is 0 Å². The fourth-order valence-corrected chi connectivity index (χ4v) is 2.21. The summed E-state index contributed by atoms with van der Waals surface area (Å²) < 4.78 is 5.32. The third-order valence-corrected chi connectivity index (χ3v) is 3.16. The van der Waals surface area contributed by atoms with Crippen LogP contribution in [-0.2, 0) is 4.74 Å². The highest BCUT2D eigenvalue weighted by Crippen LogP contribution is 2.33. The maximum absolute atomic E-state index is 10.2. The summed E-state index contributed by atoms with van der Waals surface area (Å²) in [6.07, 6.45) is -2.62. The van der Waals surface area contributed by atoms with Crippen molar-refractivity contribution in [3.8, 4) is 0 Å². The quantitative estimate of drug-likeness (QED) is 0.444. The summed E-state index contributed by atoms with van der Waals surface area (Å²) >= 11 is 0. The summed E-state index contributed by atoms with van der Waals surface area (Å²) in [6, 6.07) is -2.82. The molecule has 0 amide bonds. The van der Waals surface area contributed by atoms with Crippen LogP contribution in [0.5, 0.6) is 0 Å². The average molecular weight is 297 g/mol. The number of ether oxygens (including phenoxy) is 1. The van der Waals surface area contributed by atoms with Gasteiger partial charge in [-0.2, -0.15) is 0 Å². The Morgan fingerprint density at radius 2 is 1.86 bits per heavy atom. The zero-order chi connectivity index (χ0) is 16.0. The Balaban J connectivity index is 3.18. The molecule has 0 aromatic carbocycles. The van der Waals surface area contributed by atoms with Gasteiger partial charge in [-0.05, 0) is 23.5 Å².